The minimum atomic E-state index is -0.500. The number of non-ortho nitro benzene ring substituents is 1. The average Bonchev–Trinajstić information content (AvgIpc) is 2.55. The fourth-order valence-corrected chi connectivity index (χ4v) is 2.38. The second-order valence-electron chi connectivity index (χ2n) is 4.76. The van der Waals surface area contributed by atoms with Crippen molar-refractivity contribution in [3.05, 3.63) is 62.6 Å². The lowest BCUT2D eigenvalue weighted by atomic mass is 10.2. The number of hydrogen-bond acceptors (Lipinski definition) is 4. The molecule has 0 aromatic heterocycles. The Kier molecular flexibility index (Phi) is 5.70. The molecule has 2 aromatic carbocycles. The fourth-order valence-electron chi connectivity index (χ4n) is 1.91. The molecule has 0 saturated heterocycles. The van der Waals surface area contributed by atoms with Crippen LogP contribution in [0.25, 0.3) is 0 Å². The minimum Gasteiger partial charge on any atom is -0.484 e. The number of nitro groups is 1. The van der Waals surface area contributed by atoms with Crippen molar-refractivity contribution in [2.24, 2.45) is 0 Å². The van der Waals surface area contributed by atoms with E-state index in [0.717, 1.165) is 12.0 Å². The molecule has 0 unspecified atom stereocenters. The van der Waals surface area contributed by atoms with Gasteiger partial charge in [-0.05, 0) is 46.1 Å². The fraction of sp³-hybridized carbons (Fsp3) is 0.188. The second-order valence-corrected chi connectivity index (χ2v) is 5.61. The summed E-state index contributed by atoms with van der Waals surface area (Å²) in [5, 5.41) is 13.3. The lowest BCUT2D eigenvalue weighted by molar-refractivity contribution is -0.384. The van der Waals surface area contributed by atoms with Crippen LogP contribution >= 0.6 is 15.9 Å². The van der Waals surface area contributed by atoms with E-state index < -0.39 is 4.92 Å². The van der Waals surface area contributed by atoms with Crippen molar-refractivity contribution in [2.45, 2.75) is 13.3 Å². The third-order valence-corrected chi connectivity index (χ3v) is 3.77. The molecule has 2 rings (SSSR count). The molecule has 0 heterocycles. The van der Waals surface area contributed by atoms with E-state index in [0.29, 0.717) is 15.9 Å². The van der Waals surface area contributed by atoms with Gasteiger partial charge < -0.3 is 10.1 Å². The first-order valence-corrected chi connectivity index (χ1v) is 7.74. The van der Waals surface area contributed by atoms with Gasteiger partial charge >= 0.3 is 0 Å². The molecule has 23 heavy (non-hydrogen) atoms. The zero-order valence-electron chi connectivity index (χ0n) is 12.4. The molecule has 1 N–H and O–H groups in total. The number of rotatable bonds is 6. The maximum absolute atomic E-state index is 11.9. The minimum absolute atomic E-state index is 0.0532. The van der Waals surface area contributed by atoms with E-state index >= 15 is 0 Å². The summed E-state index contributed by atoms with van der Waals surface area (Å²) in [5.74, 6) is 0.281. The standard InChI is InChI=1S/C16H15BrN2O4/c1-2-11-4-3-5-13(8-11)23-10-16(20)18-15-7-6-12(19(21)22)9-14(15)17/h3-9H,2,10H2,1H3,(H,18,20). The molecular weight excluding hydrogens is 364 g/mol. The van der Waals surface area contributed by atoms with Crippen LogP contribution in [-0.4, -0.2) is 17.4 Å². The van der Waals surface area contributed by atoms with Gasteiger partial charge in [-0.2, -0.15) is 0 Å². The van der Waals surface area contributed by atoms with Gasteiger partial charge in [0.15, 0.2) is 6.61 Å². The van der Waals surface area contributed by atoms with E-state index in [1.54, 1.807) is 6.07 Å². The van der Waals surface area contributed by atoms with Crippen molar-refractivity contribution >= 4 is 33.2 Å². The van der Waals surface area contributed by atoms with Crippen LogP contribution in [0.4, 0.5) is 11.4 Å². The second kappa shape index (κ2) is 7.73. The zero-order chi connectivity index (χ0) is 16.8. The van der Waals surface area contributed by atoms with Crippen LogP contribution in [0.15, 0.2) is 46.9 Å². The molecule has 1 amide bonds. The average molecular weight is 379 g/mol. The van der Waals surface area contributed by atoms with Gasteiger partial charge in [0.05, 0.1) is 10.6 Å². The number of carbonyl (C=O) groups excluding carboxylic acids is 1. The van der Waals surface area contributed by atoms with E-state index in [-0.39, 0.29) is 18.2 Å². The number of carbonyl (C=O) groups is 1. The molecular formula is C16H15BrN2O4. The highest BCUT2D eigenvalue weighted by atomic mass is 79.9. The van der Waals surface area contributed by atoms with Gasteiger partial charge in [-0.3, -0.25) is 14.9 Å². The van der Waals surface area contributed by atoms with Crippen molar-refractivity contribution in [2.75, 3.05) is 11.9 Å². The molecule has 0 saturated carbocycles. The Balaban J connectivity index is 1.95. The molecule has 0 radical (unpaired) electrons. The Bertz CT molecular complexity index is 734. The predicted octanol–water partition coefficient (Wildman–Crippen LogP) is 3.94. The number of nitro benzene ring substituents is 1. The van der Waals surface area contributed by atoms with Gasteiger partial charge in [-0.25, -0.2) is 0 Å². The number of halogens is 1. The molecule has 0 fully saturated rings. The highest BCUT2D eigenvalue weighted by molar-refractivity contribution is 9.10. The molecule has 0 bridgehead atoms. The number of benzene rings is 2. The largest absolute Gasteiger partial charge is 0.484 e. The maximum atomic E-state index is 11.9. The quantitative estimate of drug-likeness (QED) is 0.609. The number of aryl methyl sites for hydroxylation is 1. The lowest BCUT2D eigenvalue weighted by Crippen LogP contribution is -2.20. The highest BCUT2D eigenvalue weighted by Gasteiger charge is 2.11. The van der Waals surface area contributed by atoms with Gasteiger partial charge in [-0.15, -0.1) is 0 Å². The molecule has 6 nitrogen and oxygen atoms in total. The summed E-state index contributed by atoms with van der Waals surface area (Å²) in [6.45, 7) is 1.90. The number of nitrogens with zero attached hydrogens (tertiary/aromatic N) is 1. The van der Waals surface area contributed by atoms with Crippen molar-refractivity contribution < 1.29 is 14.5 Å². The van der Waals surface area contributed by atoms with E-state index in [9.17, 15) is 14.9 Å². The topological polar surface area (TPSA) is 81.5 Å². The first-order chi connectivity index (χ1) is 11.0. The molecule has 7 heteroatoms. The van der Waals surface area contributed by atoms with Gasteiger partial charge in [-0.1, -0.05) is 19.1 Å². The lowest BCUT2D eigenvalue weighted by Gasteiger charge is -2.09. The summed E-state index contributed by atoms with van der Waals surface area (Å²) in [7, 11) is 0. The summed E-state index contributed by atoms with van der Waals surface area (Å²) in [5.41, 5.74) is 1.52. The van der Waals surface area contributed by atoms with Crippen LogP contribution in [0.3, 0.4) is 0 Å². The highest BCUT2D eigenvalue weighted by Crippen LogP contribution is 2.27. The van der Waals surface area contributed by atoms with Crippen LogP contribution in [-0.2, 0) is 11.2 Å². The summed E-state index contributed by atoms with van der Waals surface area (Å²) >= 11 is 3.20. The third kappa shape index (κ3) is 4.79. The summed E-state index contributed by atoms with van der Waals surface area (Å²) in [6.07, 6.45) is 0.888. The SMILES string of the molecule is CCc1cccc(OCC(=O)Nc2ccc([N+](=O)[O-])cc2Br)c1. The van der Waals surface area contributed by atoms with Gasteiger partial charge in [0.2, 0.25) is 0 Å². The molecule has 0 spiro atoms. The van der Waals surface area contributed by atoms with Gasteiger partial charge in [0.25, 0.3) is 11.6 Å². The van der Waals surface area contributed by atoms with Crippen LogP contribution in [0.1, 0.15) is 12.5 Å². The number of anilines is 1. The Labute approximate surface area is 141 Å². The number of amides is 1. The summed E-state index contributed by atoms with van der Waals surface area (Å²) in [6, 6.07) is 11.7. The Morgan fingerprint density at radius 1 is 1.30 bits per heavy atom. The molecule has 0 atom stereocenters. The summed E-state index contributed by atoms with van der Waals surface area (Å²) < 4.78 is 5.89. The molecule has 0 aliphatic heterocycles. The number of nitrogens with one attached hydrogen (secondary N) is 1. The first-order valence-electron chi connectivity index (χ1n) is 6.95. The van der Waals surface area contributed by atoms with Crippen molar-refractivity contribution in [3.63, 3.8) is 0 Å². The van der Waals surface area contributed by atoms with Gasteiger partial charge in [0, 0.05) is 16.6 Å². The van der Waals surface area contributed by atoms with Crippen molar-refractivity contribution in [3.8, 4) is 5.75 Å². The monoisotopic (exact) mass is 378 g/mol. The van der Waals surface area contributed by atoms with Gasteiger partial charge in [0.1, 0.15) is 5.75 Å². The molecule has 2 aromatic rings. The van der Waals surface area contributed by atoms with E-state index in [2.05, 4.69) is 21.2 Å². The van der Waals surface area contributed by atoms with Crippen LogP contribution in [0, 0.1) is 10.1 Å². The van der Waals surface area contributed by atoms with E-state index in [1.165, 1.54) is 18.2 Å². The number of hydrogen-bond donors (Lipinski definition) is 1. The van der Waals surface area contributed by atoms with E-state index in [4.69, 9.17) is 4.74 Å². The Morgan fingerprint density at radius 2 is 2.09 bits per heavy atom. The maximum Gasteiger partial charge on any atom is 0.270 e. The number of ether oxygens (including phenoxy) is 1. The Morgan fingerprint density at radius 3 is 2.74 bits per heavy atom. The van der Waals surface area contributed by atoms with Crippen LogP contribution in [0.2, 0.25) is 0 Å². The first kappa shape index (κ1) is 17.0. The molecule has 0 aliphatic carbocycles. The normalized spacial score (nSPS) is 10.2. The summed E-state index contributed by atoms with van der Waals surface area (Å²) in [4.78, 5) is 22.1. The molecule has 0 aliphatic rings. The smallest absolute Gasteiger partial charge is 0.270 e. The van der Waals surface area contributed by atoms with E-state index in [1.807, 2.05) is 25.1 Å². The Hall–Kier alpha value is -2.41. The van der Waals surface area contributed by atoms with Crippen LogP contribution in [0.5, 0.6) is 5.75 Å². The zero-order valence-corrected chi connectivity index (χ0v) is 14.0. The van der Waals surface area contributed by atoms with Crippen molar-refractivity contribution in [1.29, 1.82) is 0 Å². The molecule has 120 valence electrons. The van der Waals surface area contributed by atoms with Crippen LogP contribution < -0.4 is 10.1 Å². The predicted molar refractivity (Wildman–Crippen MR) is 90.7 cm³/mol. The third-order valence-electron chi connectivity index (χ3n) is 3.11. The van der Waals surface area contributed by atoms with Crippen molar-refractivity contribution in [1.82, 2.24) is 0 Å².